The van der Waals surface area contributed by atoms with Crippen LogP contribution in [0.4, 0.5) is 0 Å². The summed E-state index contributed by atoms with van der Waals surface area (Å²) in [6.07, 6.45) is 1.53. The molecule has 0 N–H and O–H groups in total. The summed E-state index contributed by atoms with van der Waals surface area (Å²) in [6, 6.07) is 25.3. The van der Waals surface area contributed by atoms with Crippen LogP contribution in [0.3, 0.4) is 0 Å². The highest BCUT2D eigenvalue weighted by Gasteiger charge is 2.18. The number of halogens is 3. The van der Waals surface area contributed by atoms with Crippen LogP contribution in [0.25, 0.3) is 33.5 Å². The van der Waals surface area contributed by atoms with Crippen molar-refractivity contribution in [1.82, 2.24) is 9.66 Å². The Hall–Kier alpha value is -4.11. The van der Waals surface area contributed by atoms with Gasteiger partial charge in [-0.1, -0.05) is 59.6 Å². The zero-order chi connectivity index (χ0) is 28.5. The van der Waals surface area contributed by atoms with Crippen molar-refractivity contribution in [3.05, 3.63) is 121 Å². The summed E-state index contributed by atoms with van der Waals surface area (Å²) in [7, 11) is 1.59. The van der Waals surface area contributed by atoms with Crippen LogP contribution in [0.15, 0.2) is 104 Å². The molecule has 10 heteroatoms. The van der Waals surface area contributed by atoms with Crippen molar-refractivity contribution >= 4 is 67.2 Å². The van der Waals surface area contributed by atoms with Crippen LogP contribution in [-0.2, 0) is 6.61 Å². The number of para-hydroxylation sites is 1. The normalized spacial score (nSPS) is 11.5. The number of benzene rings is 4. The predicted octanol–water partition coefficient (Wildman–Crippen LogP) is 8.35. The van der Waals surface area contributed by atoms with Crippen molar-refractivity contribution in [2.75, 3.05) is 7.11 Å². The molecule has 0 bridgehead atoms. The molecule has 0 unspecified atom stereocenters. The number of aromatic nitrogens is 2. The first-order valence-corrected chi connectivity index (χ1v) is 14.0. The molecule has 4 aromatic carbocycles. The molecule has 204 valence electrons. The Morgan fingerprint density at radius 3 is 2.59 bits per heavy atom. The lowest BCUT2D eigenvalue weighted by molar-refractivity contribution is 0.304. The minimum absolute atomic E-state index is 0.244. The molecule has 2 heterocycles. The lowest BCUT2D eigenvalue weighted by Crippen LogP contribution is -2.20. The first kappa shape index (κ1) is 27.1. The molecule has 0 aliphatic rings. The van der Waals surface area contributed by atoms with Crippen LogP contribution >= 0.6 is 39.1 Å². The van der Waals surface area contributed by atoms with E-state index in [9.17, 15) is 4.79 Å². The van der Waals surface area contributed by atoms with Gasteiger partial charge in [-0.25, -0.2) is 4.98 Å². The molecule has 0 spiro atoms. The summed E-state index contributed by atoms with van der Waals surface area (Å²) < 4.78 is 19.3. The van der Waals surface area contributed by atoms with E-state index in [2.05, 4.69) is 21.0 Å². The van der Waals surface area contributed by atoms with E-state index in [4.69, 9.17) is 42.1 Å². The zero-order valence-electron chi connectivity index (χ0n) is 21.5. The fourth-order valence-electron chi connectivity index (χ4n) is 4.39. The molecule has 0 aliphatic carbocycles. The monoisotopic (exact) mass is 647 g/mol. The van der Waals surface area contributed by atoms with Crippen LogP contribution in [-0.4, -0.2) is 23.0 Å². The molecule has 6 rings (SSSR count). The van der Waals surface area contributed by atoms with Crippen LogP contribution in [0.2, 0.25) is 10.0 Å². The van der Waals surface area contributed by atoms with E-state index in [1.807, 2.05) is 42.5 Å². The fraction of sp³-hybridized carbons (Fsp3) is 0.0645. The first-order valence-electron chi connectivity index (χ1n) is 12.4. The van der Waals surface area contributed by atoms with Crippen molar-refractivity contribution < 1.29 is 13.9 Å². The van der Waals surface area contributed by atoms with Gasteiger partial charge in [0.2, 0.25) is 5.82 Å². The van der Waals surface area contributed by atoms with Gasteiger partial charge in [-0.2, -0.15) is 9.78 Å². The Morgan fingerprint density at radius 2 is 1.78 bits per heavy atom. The van der Waals surface area contributed by atoms with E-state index in [1.54, 1.807) is 49.6 Å². The maximum atomic E-state index is 13.6. The van der Waals surface area contributed by atoms with E-state index < -0.39 is 0 Å². The molecule has 0 atom stereocenters. The number of furan rings is 1. The summed E-state index contributed by atoms with van der Waals surface area (Å²) in [6.45, 7) is 0.245. The average Bonchev–Trinajstić information content (AvgIpc) is 3.41. The van der Waals surface area contributed by atoms with Gasteiger partial charge in [0, 0.05) is 10.6 Å². The highest BCUT2D eigenvalue weighted by atomic mass is 79.9. The van der Waals surface area contributed by atoms with E-state index in [0.717, 1.165) is 10.9 Å². The molecule has 0 radical (unpaired) electrons. The second kappa shape index (κ2) is 11.4. The quantitative estimate of drug-likeness (QED) is 0.163. The highest BCUT2D eigenvalue weighted by molar-refractivity contribution is 9.10. The smallest absolute Gasteiger partial charge is 0.282 e. The van der Waals surface area contributed by atoms with Crippen LogP contribution < -0.4 is 15.0 Å². The maximum Gasteiger partial charge on any atom is 0.282 e. The van der Waals surface area contributed by atoms with Crippen molar-refractivity contribution in [2.24, 2.45) is 5.10 Å². The number of hydrogen-bond donors (Lipinski definition) is 0. The summed E-state index contributed by atoms with van der Waals surface area (Å²) in [5, 5.41) is 6.67. The average molecular weight is 649 g/mol. The summed E-state index contributed by atoms with van der Waals surface area (Å²) >= 11 is 16.4. The fourth-order valence-corrected chi connectivity index (χ4v) is 5.57. The Morgan fingerprint density at radius 1 is 0.976 bits per heavy atom. The lowest BCUT2D eigenvalue weighted by atomic mass is 10.2. The molecule has 6 aromatic rings. The van der Waals surface area contributed by atoms with Crippen LogP contribution in [0.5, 0.6) is 11.5 Å². The Labute approximate surface area is 252 Å². The molecule has 2 aromatic heterocycles. The SMILES string of the molecule is COc1cccc2oc(-c3nc4ccccc4c(=O)n3N=Cc3cc(Cl)c(OCc4ccccc4Cl)c(Br)c3)cc12. The van der Waals surface area contributed by atoms with Crippen molar-refractivity contribution in [1.29, 1.82) is 0 Å². The number of fused-ring (bicyclic) bond motifs is 2. The molecule has 0 amide bonds. The van der Waals surface area contributed by atoms with Crippen LogP contribution in [0.1, 0.15) is 11.1 Å². The van der Waals surface area contributed by atoms with E-state index in [0.29, 0.717) is 53.8 Å². The van der Waals surface area contributed by atoms with Gasteiger partial charge in [0.25, 0.3) is 5.56 Å². The van der Waals surface area contributed by atoms with Gasteiger partial charge < -0.3 is 13.9 Å². The Bertz CT molecular complexity index is 2000. The second-order valence-corrected chi connectivity index (χ2v) is 10.7. The van der Waals surface area contributed by atoms with Gasteiger partial charge >= 0.3 is 0 Å². The molecule has 0 aliphatic heterocycles. The van der Waals surface area contributed by atoms with Crippen LogP contribution in [0, 0.1) is 0 Å². The van der Waals surface area contributed by atoms with Gasteiger partial charge in [-0.05, 0) is 70.0 Å². The van der Waals surface area contributed by atoms with Crippen molar-refractivity contribution in [3.8, 4) is 23.1 Å². The van der Waals surface area contributed by atoms with Gasteiger partial charge in [0.1, 0.15) is 17.9 Å². The van der Waals surface area contributed by atoms with Gasteiger partial charge in [0.05, 0.1) is 39.1 Å². The topological polar surface area (TPSA) is 78.9 Å². The van der Waals surface area contributed by atoms with Crippen molar-refractivity contribution in [2.45, 2.75) is 6.61 Å². The molecule has 0 saturated carbocycles. The number of hydrogen-bond acceptors (Lipinski definition) is 6. The largest absolute Gasteiger partial charge is 0.496 e. The van der Waals surface area contributed by atoms with Crippen molar-refractivity contribution in [3.63, 3.8) is 0 Å². The van der Waals surface area contributed by atoms with Gasteiger partial charge in [0.15, 0.2) is 11.5 Å². The molecular formula is C31H20BrCl2N3O4. The van der Waals surface area contributed by atoms with E-state index in [-0.39, 0.29) is 18.0 Å². The number of rotatable bonds is 7. The third kappa shape index (κ3) is 5.34. The Kier molecular flexibility index (Phi) is 7.53. The standard InChI is InChI=1S/C31H20BrCl2N3O4/c1-39-26-11-6-12-27-21(26)15-28(41-27)30-36-25-10-5-3-8-20(25)31(38)37(30)35-16-18-13-22(32)29(24(34)14-18)40-17-19-7-2-4-9-23(19)33/h2-16H,17H2,1H3. The number of ether oxygens (including phenoxy) is 2. The van der Waals surface area contributed by atoms with Gasteiger partial charge in [-0.3, -0.25) is 4.79 Å². The lowest BCUT2D eigenvalue weighted by Gasteiger charge is -2.12. The number of nitrogens with zero attached hydrogens (tertiary/aromatic N) is 3. The van der Waals surface area contributed by atoms with Gasteiger partial charge in [-0.15, -0.1) is 0 Å². The summed E-state index contributed by atoms with van der Waals surface area (Å²) in [4.78, 5) is 18.3. The van der Waals surface area contributed by atoms with E-state index in [1.165, 1.54) is 10.9 Å². The molecular weight excluding hydrogens is 629 g/mol. The number of methoxy groups -OCH3 is 1. The Balaban J connectivity index is 1.39. The van der Waals surface area contributed by atoms with E-state index >= 15 is 0 Å². The minimum Gasteiger partial charge on any atom is -0.496 e. The first-order chi connectivity index (χ1) is 19.9. The molecule has 0 saturated heterocycles. The summed E-state index contributed by atoms with van der Waals surface area (Å²) in [5.74, 6) is 1.72. The third-order valence-corrected chi connectivity index (χ3v) is 7.63. The molecule has 7 nitrogen and oxygen atoms in total. The molecule has 41 heavy (non-hydrogen) atoms. The third-order valence-electron chi connectivity index (χ3n) is 6.39. The second-order valence-electron chi connectivity index (χ2n) is 8.99. The minimum atomic E-state index is -0.348. The molecule has 0 fully saturated rings. The highest BCUT2D eigenvalue weighted by Crippen LogP contribution is 2.36. The predicted molar refractivity (Wildman–Crippen MR) is 166 cm³/mol. The maximum absolute atomic E-state index is 13.6. The summed E-state index contributed by atoms with van der Waals surface area (Å²) in [5.41, 5.74) is 2.24. The zero-order valence-corrected chi connectivity index (χ0v) is 24.6.